The molecule has 2 saturated carbocycles. The average molecular weight is 302 g/mol. The van der Waals surface area contributed by atoms with E-state index in [9.17, 15) is 0 Å². The Hall–Kier alpha value is -1.08. The van der Waals surface area contributed by atoms with Gasteiger partial charge in [0.05, 0.1) is 0 Å². The molecule has 0 aliphatic heterocycles. The van der Waals surface area contributed by atoms with E-state index >= 15 is 0 Å². The minimum atomic E-state index is 0. The quantitative estimate of drug-likeness (QED) is 0.727. The molecule has 0 heterocycles. The van der Waals surface area contributed by atoms with Gasteiger partial charge in [-0.15, -0.1) is 0 Å². The number of hydrogen-bond donors (Lipinski definition) is 1. The maximum Gasteiger partial charge on any atom is 0.0136 e. The molecule has 2 aliphatic carbocycles. The van der Waals surface area contributed by atoms with Gasteiger partial charge in [-0.3, -0.25) is 0 Å². The van der Waals surface area contributed by atoms with Gasteiger partial charge in [0.2, 0.25) is 0 Å². The zero-order chi connectivity index (χ0) is 15.8. The van der Waals surface area contributed by atoms with E-state index in [2.05, 4.69) is 62.6 Å². The van der Waals surface area contributed by atoms with Crippen molar-refractivity contribution >= 4 is 6.08 Å². The van der Waals surface area contributed by atoms with E-state index in [1.807, 2.05) is 0 Å². The van der Waals surface area contributed by atoms with Crippen LogP contribution >= 0.6 is 0 Å². The number of benzene rings is 1. The molecule has 0 bridgehead atoms. The van der Waals surface area contributed by atoms with E-state index in [0.29, 0.717) is 0 Å². The Morgan fingerprint density at radius 1 is 1.18 bits per heavy atom. The van der Waals surface area contributed by atoms with Gasteiger partial charge >= 0.3 is 0 Å². The molecule has 0 unspecified atom stereocenters. The third-order valence-electron chi connectivity index (χ3n) is 5.09. The smallest absolute Gasteiger partial charge is 0.0136 e. The van der Waals surface area contributed by atoms with Gasteiger partial charge in [-0.25, -0.2) is 0 Å². The van der Waals surface area contributed by atoms with Gasteiger partial charge in [0, 0.05) is 7.47 Å². The van der Waals surface area contributed by atoms with Gasteiger partial charge in [0.1, 0.15) is 0 Å². The molecule has 124 valence electrons. The lowest BCUT2D eigenvalue weighted by atomic mass is 9.91. The minimum absolute atomic E-state index is 0. The van der Waals surface area contributed by atoms with Gasteiger partial charge in [-0.05, 0) is 37.3 Å². The second-order valence-corrected chi connectivity index (χ2v) is 6.96. The van der Waals surface area contributed by atoms with Crippen molar-refractivity contribution in [2.45, 2.75) is 64.8 Å². The monoisotopic (exact) mass is 301 g/mol. The Labute approximate surface area is 138 Å². The molecule has 0 spiro atoms. The summed E-state index contributed by atoms with van der Waals surface area (Å²) in [6.45, 7) is 4.61. The molecule has 1 aromatic carbocycles. The van der Waals surface area contributed by atoms with Crippen molar-refractivity contribution < 1.29 is 1.43 Å². The molecular weight excluding hydrogens is 266 g/mol. The van der Waals surface area contributed by atoms with Crippen molar-refractivity contribution in [3.63, 3.8) is 0 Å². The van der Waals surface area contributed by atoms with Crippen molar-refractivity contribution in [3.8, 4) is 0 Å². The summed E-state index contributed by atoms with van der Waals surface area (Å²) < 4.78 is 0. The van der Waals surface area contributed by atoms with Crippen LogP contribution in [0.1, 0.15) is 65.8 Å². The highest BCUT2D eigenvalue weighted by Crippen LogP contribution is 2.39. The first kappa shape index (κ1) is 17.3. The highest BCUT2D eigenvalue weighted by molar-refractivity contribution is 5.54. The summed E-state index contributed by atoms with van der Waals surface area (Å²) >= 11 is 0. The molecule has 0 saturated heterocycles. The van der Waals surface area contributed by atoms with E-state index in [1.54, 1.807) is 5.57 Å². The predicted molar refractivity (Wildman–Crippen MR) is 100 cm³/mol. The second-order valence-electron chi connectivity index (χ2n) is 6.96. The zero-order valence-electron chi connectivity index (χ0n) is 14.6. The number of nitrogens with one attached hydrogen (secondary N) is 1. The highest BCUT2D eigenvalue weighted by Gasteiger charge is 2.37. The van der Waals surface area contributed by atoms with Crippen LogP contribution in [0.15, 0.2) is 35.9 Å². The Balaban J connectivity index is 0.000000280. The Morgan fingerprint density at radius 3 is 2.32 bits per heavy atom. The molecule has 22 heavy (non-hydrogen) atoms. The van der Waals surface area contributed by atoms with E-state index in [1.165, 1.54) is 44.1 Å². The van der Waals surface area contributed by atoms with Gasteiger partial charge in [-0.2, -0.15) is 0 Å². The van der Waals surface area contributed by atoms with E-state index in [-0.39, 0.29) is 1.43 Å². The van der Waals surface area contributed by atoms with Crippen LogP contribution < -0.4 is 5.32 Å². The lowest BCUT2D eigenvalue weighted by Gasteiger charge is -2.15. The third kappa shape index (κ3) is 5.61. The zero-order valence-corrected chi connectivity index (χ0v) is 14.6. The maximum absolute atomic E-state index is 3.35. The molecule has 1 heteroatoms. The lowest BCUT2D eigenvalue weighted by molar-refractivity contribution is 0.385. The molecule has 1 N–H and O–H groups in total. The molecule has 0 radical (unpaired) electrons. The van der Waals surface area contributed by atoms with Gasteiger partial charge in [-0.1, -0.05) is 87.9 Å². The van der Waals surface area contributed by atoms with Crippen LogP contribution in [0.4, 0.5) is 0 Å². The van der Waals surface area contributed by atoms with Crippen LogP contribution in [-0.4, -0.2) is 13.1 Å². The van der Waals surface area contributed by atoms with Crippen molar-refractivity contribution in [3.05, 3.63) is 41.5 Å². The SMILES string of the molecule is CC/C(=C\c1ccccc1)[C@@H]1C[C@H]1NC.CC1CCCCC1.[HH]. The van der Waals surface area contributed by atoms with Crippen LogP contribution in [0.2, 0.25) is 0 Å². The lowest BCUT2D eigenvalue weighted by Crippen LogP contribution is -2.11. The van der Waals surface area contributed by atoms with E-state index in [0.717, 1.165) is 24.3 Å². The molecular formula is C21H35N. The number of rotatable bonds is 4. The minimum Gasteiger partial charge on any atom is -0.316 e. The summed E-state index contributed by atoms with van der Waals surface area (Å²) in [6, 6.07) is 11.3. The molecule has 1 nitrogen and oxygen atoms in total. The van der Waals surface area contributed by atoms with E-state index < -0.39 is 0 Å². The third-order valence-corrected chi connectivity index (χ3v) is 5.09. The molecule has 1 aromatic rings. The first-order valence-electron chi connectivity index (χ1n) is 9.17. The summed E-state index contributed by atoms with van der Waals surface area (Å²) in [4.78, 5) is 0. The molecule has 2 fully saturated rings. The van der Waals surface area contributed by atoms with E-state index in [4.69, 9.17) is 0 Å². The Bertz CT molecular complexity index is 448. The summed E-state index contributed by atoms with van der Waals surface area (Å²) in [7, 11) is 2.06. The summed E-state index contributed by atoms with van der Waals surface area (Å²) in [5.74, 6) is 1.81. The standard InChI is InChI=1S/C14H19N.C7H14.H2/c1-3-12(13-10-14(13)15-2)9-11-7-5-4-6-8-11;1-7-5-3-2-4-6-7;/h4-9,13-15H,3,10H2,1-2H3;7H,2-6H2,1H3;1H/b12-9+;;/t13-,14+;;/m0../s1. The summed E-state index contributed by atoms with van der Waals surface area (Å²) in [5, 5.41) is 3.35. The van der Waals surface area contributed by atoms with Crippen LogP contribution in [0, 0.1) is 11.8 Å². The van der Waals surface area contributed by atoms with Crippen LogP contribution in [0.3, 0.4) is 0 Å². The molecule has 0 aromatic heterocycles. The van der Waals surface area contributed by atoms with Crippen molar-refractivity contribution in [1.29, 1.82) is 0 Å². The fourth-order valence-corrected chi connectivity index (χ4v) is 3.47. The predicted octanol–water partition coefficient (Wildman–Crippen LogP) is 5.92. The topological polar surface area (TPSA) is 12.0 Å². The first-order valence-corrected chi connectivity index (χ1v) is 9.17. The Kier molecular flexibility index (Phi) is 7.18. The van der Waals surface area contributed by atoms with Gasteiger partial charge < -0.3 is 5.32 Å². The Morgan fingerprint density at radius 2 is 1.86 bits per heavy atom. The maximum atomic E-state index is 3.35. The largest absolute Gasteiger partial charge is 0.316 e. The normalized spacial score (nSPS) is 25.3. The van der Waals surface area contributed by atoms with Crippen LogP contribution in [-0.2, 0) is 0 Å². The highest BCUT2D eigenvalue weighted by atomic mass is 14.9. The van der Waals surface area contributed by atoms with Gasteiger partial charge in [0.25, 0.3) is 0 Å². The van der Waals surface area contributed by atoms with Gasteiger partial charge in [0.15, 0.2) is 0 Å². The number of hydrogen-bond acceptors (Lipinski definition) is 1. The van der Waals surface area contributed by atoms with Crippen LogP contribution in [0.5, 0.6) is 0 Å². The van der Waals surface area contributed by atoms with Crippen molar-refractivity contribution in [2.24, 2.45) is 11.8 Å². The molecule has 3 rings (SSSR count). The molecule has 2 aliphatic rings. The van der Waals surface area contributed by atoms with Crippen LogP contribution in [0.25, 0.3) is 6.08 Å². The second kappa shape index (κ2) is 9.15. The average Bonchev–Trinajstić information content (AvgIpc) is 3.34. The summed E-state index contributed by atoms with van der Waals surface area (Å²) in [5.41, 5.74) is 2.91. The van der Waals surface area contributed by atoms with Crippen molar-refractivity contribution in [2.75, 3.05) is 7.05 Å². The van der Waals surface area contributed by atoms with Crippen molar-refractivity contribution in [1.82, 2.24) is 5.32 Å². The fraction of sp³-hybridized carbons (Fsp3) is 0.619. The molecule has 2 atom stereocenters. The first-order chi connectivity index (χ1) is 10.7. The fourth-order valence-electron chi connectivity index (χ4n) is 3.47. The summed E-state index contributed by atoms with van der Waals surface area (Å²) in [6.07, 6.45) is 12.3. The molecule has 0 amide bonds.